The maximum absolute atomic E-state index is 12.8. The van der Waals surface area contributed by atoms with E-state index in [4.69, 9.17) is 14.9 Å². The van der Waals surface area contributed by atoms with Crippen LogP contribution in [0.15, 0.2) is 18.2 Å². The summed E-state index contributed by atoms with van der Waals surface area (Å²) in [4.78, 5) is 10.4. The number of hydrogen-bond acceptors (Lipinski definition) is 3. The maximum atomic E-state index is 12.8. The van der Waals surface area contributed by atoms with Gasteiger partial charge in [0.2, 0.25) is 0 Å². The number of carboxylic acid groups (broad SMARTS) is 1. The first-order chi connectivity index (χ1) is 6.50. The van der Waals surface area contributed by atoms with E-state index in [2.05, 4.69) is 0 Å². The summed E-state index contributed by atoms with van der Waals surface area (Å²) in [7, 11) is 0. The quantitative estimate of drug-likeness (QED) is 0.773. The van der Waals surface area contributed by atoms with Crippen molar-refractivity contribution in [1.29, 1.82) is 0 Å². The molecule has 1 rings (SSSR count). The summed E-state index contributed by atoms with van der Waals surface area (Å²) < 4.78 is 17.6. The van der Waals surface area contributed by atoms with Crippen LogP contribution in [0.2, 0.25) is 0 Å². The Morgan fingerprint density at radius 3 is 2.71 bits per heavy atom. The van der Waals surface area contributed by atoms with E-state index in [9.17, 15) is 9.18 Å². The van der Waals surface area contributed by atoms with Crippen molar-refractivity contribution in [2.45, 2.75) is 13.0 Å². The SMILES string of the molecule is C[C@@H](Oc1ccc(O)c(F)c1)C(=O)O. The van der Waals surface area contributed by atoms with Gasteiger partial charge in [-0.2, -0.15) is 0 Å². The lowest BCUT2D eigenvalue weighted by Crippen LogP contribution is -2.22. The van der Waals surface area contributed by atoms with Gasteiger partial charge in [0.15, 0.2) is 17.7 Å². The molecule has 0 aliphatic rings. The van der Waals surface area contributed by atoms with E-state index in [1.54, 1.807) is 0 Å². The minimum absolute atomic E-state index is 0.0650. The number of hydrogen-bond donors (Lipinski definition) is 2. The van der Waals surface area contributed by atoms with Gasteiger partial charge in [-0.3, -0.25) is 0 Å². The highest BCUT2D eigenvalue weighted by atomic mass is 19.1. The van der Waals surface area contributed by atoms with Gasteiger partial charge in [-0.1, -0.05) is 0 Å². The lowest BCUT2D eigenvalue weighted by Gasteiger charge is -2.10. The molecule has 5 heteroatoms. The van der Waals surface area contributed by atoms with Crippen molar-refractivity contribution in [2.75, 3.05) is 0 Å². The number of aromatic hydroxyl groups is 1. The van der Waals surface area contributed by atoms with Crippen molar-refractivity contribution in [3.63, 3.8) is 0 Å². The molecular formula is C9H9FO4. The first-order valence-corrected chi connectivity index (χ1v) is 3.88. The largest absolute Gasteiger partial charge is 0.505 e. The highest BCUT2D eigenvalue weighted by Gasteiger charge is 2.13. The molecule has 0 fully saturated rings. The molecule has 1 atom stereocenters. The van der Waals surface area contributed by atoms with Gasteiger partial charge in [0.1, 0.15) is 5.75 Å². The van der Waals surface area contributed by atoms with E-state index < -0.39 is 23.6 Å². The van der Waals surface area contributed by atoms with E-state index in [1.165, 1.54) is 13.0 Å². The summed E-state index contributed by atoms with van der Waals surface area (Å²) in [6, 6.07) is 3.31. The van der Waals surface area contributed by atoms with Gasteiger partial charge in [0, 0.05) is 6.07 Å². The van der Waals surface area contributed by atoms with Crippen LogP contribution in [-0.2, 0) is 4.79 Å². The minimum Gasteiger partial charge on any atom is -0.505 e. The van der Waals surface area contributed by atoms with Crippen molar-refractivity contribution >= 4 is 5.97 Å². The van der Waals surface area contributed by atoms with Gasteiger partial charge in [-0.25, -0.2) is 9.18 Å². The molecule has 76 valence electrons. The third-order valence-corrected chi connectivity index (χ3v) is 1.58. The number of phenols is 1. The number of carboxylic acids is 1. The van der Waals surface area contributed by atoms with Crippen molar-refractivity contribution in [1.82, 2.24) is 0 Å². The zero-order valence-electron chi connectivity index (χ0n) is 7.40. The third kappa shape index (κ3) is 2.35. The van der Waals surface area contributed by atoms with Crippen LogP contribution in [0.4, 0.5) is 4.39 Å². The first-order valence-electron chi connectivity index (χ1n) is 3.88. The second kappa shape index (κ2) is 3.95. The van der Waals surface area contributed by atoms with E-state index >= 15 is 0 Å². The van der Waals surface area contributed by atoms with Gasteiger partial charge in [0.25, 0.3) is 0 Å². The molecule has 0 spiro atoms. The topological polar surface area (TPSA) is 66.8 Å². The van der Waals surface area contributed by atoms with Crippen LogP contribution >= 0.6 is 0 Å². The Balaban J connectivity index is 2.78. The average Bonchev–Trinajstić information content (AvgIpc) is 2.11. The van der Waals surface area contributed by atoms with Crippen LogP contribution in [0.25, 0.3) is 0 Å². The normalized spacial score (nSPS) is 12.1. The van der Waals surface area contributed by atoms with Gasteiger partial charge in [0.05, 0.1) is 0 Å². The average molecular weight is 200 g/mol. The molecule has 0 unspecified atom stereocenters. The van der Waals surface area contributed by atoms with Crippen molar-refractivity contribution in [3.05, 3.63) is 24.0 Å². The number of halogens is 1. The molecule has 0 saturated carbocycles. The molecule has 4 nitrogen and oxygen atoms in total. The van der Waals surface area contributed by atoms with Gasteiger partial charge < -0.3 is 14.9 Å². The second-order valence-electron chi connectivity index (χ2n) is 2.71. The summed E-state index contributed by atoms with van der Waals surface area (Å²) in [6.07, 6.45) is -1.06. The molecule has 0 radical (unpaired) electrons. The monoisotopic (exact) mass is 200 g/mol. The number of ether oxygens (including phenoxy) is 1. The lowest BCUT2D eigenvalue weighted by atomic mass is 10.3. The molecule has 0 amide bonds. The number of rotatable bonds is 3. The molecule has 14 heavy (non-hydrogen) atoms. The number of aliphatic carboxylic acids is 1. The van der Waals surface area contributed by atoms with Gasteiger partial charge in [-0.05, 0) is 19.1 Å². The number of phenolic OH excluding ortho intramolecular Hbond substituents is 1. The van der Waals surface area contributed by atoms with Crippen molar-refractivity contribution in [2.24, 2.45) is 0 Å². The fourth-order valence-corrected chi connectivity index (χ4v) is 0.815. The number of benzene rings is 1. The van der Waals surface area contributed by atoms with Crippen LogP contribution in [0.1, 0.15) is 6.92 Å². The highest BCUT2D eigenvalue weighted by molar-refractivity contribution is 5.72. The predicted octanol–water partition coefficient (Wildman–Crippen LogP) is 1.38. The maximum Gasteiger partial charge on any atom is 0.344 e. The zero-order valence-corrected chi connectivity index (χ0v) is 7.40. The van der Waals surface area contributed by atoms with Crippen LogP contribution < -0.4 is 4.74 Å². The smallest absolute Gasteiger partial charge is 0.344 e. The molecule has 0 aliphatic heterocycles. The van der Waals surface area contributed by atoms with E-state index in [0.717, 1.165) is 12.1 Å². The first kappa shape index (κ1) is 10.3. The molecule has 1 aromatic rings. The molecule has 0 heterocycles. The summed E-state index contributed by atoms with van der Waals surface area (Å²) in [5, 5.41) is 17.3. The summed E-state index contributed by atoms with van der Waals surface area (Å²) in [6.45, 7) is 1.33. The summed E-state index contributed by atoms with van der Waals surface area (Å²) in [5.74, 6) is -2.42. The second-order valence-corrected chi connectivity index (χ2v) is 2.71. The summed E-state index contributed by atoms with van der Waals surface area (Å²) in [5.41, 5.74) is 0. The molecular weight excluding hydrogens is 191 g/mol. The Kier molecular flexibility index (Phi) is 2.91. The molecule has 0 bridgehead atoms. The highest BCUT2D eigenvalue weighted by Crippen LogP contribution is 2.21. The fourth-order valence-electron chi connectivity index (χ4n) is 0.815. The van der Waals surface area contributed by atoms with E-state index in [1.807, 2.05) is 0 Å². The fraction of sp³-hybridized carbons (Fsp3) is 0.222. The van der Waals surface area contributed by atoms with Crippen LogP contribution in [0.3, 0.4) is 0 Å². The molecule has 1 aromatic carbocycles. The van der Waals surface area contributed by atoms with Crippen LogP contribution in [0.5, 0.6) is 11.5 Å². The molecule has 0 aliphatic carbocycles. The Hall–Kier alpha value is -1.78. The molecule has 0 saturated heterocycles. The molecule has 0 aromatic heterocycles. The van der Waals surface area contributed by atoms with Crippen LogP contribution in [0, 0.1) is 5.82 Å². The van der Waals surface area contributed by atoms with Crippen LogP contribution in [-0.4, -0.2) is 22.3 Å². The standard InChI is InChI=1S/C9H9FO4/c1-5(9(12)13)14-6-2-3-8(11)7(10)4-6/h2-5,11H,1H3,(H,12,13)/t5-/m1/s1. The van der Waals surface area contributed by atoms with E-state index in [-0.39, 0.29) is 5.75 Å². The Morgan fingerprint density at radius 1 is 1.57 bits per heavy atom. The van der Waals surface area contributed by atoms with Crippen molar-refractivity contribution < 1.29 is 24.1 Å². The van der Waals surface area contributed by atoms with E-state index in [0.29, 0.717) is 0 Å². The lowest BCUT2D eigenvalue weighted by molar-refractivity contribution is -0.144. The van der Waals surface area contributed by atoms with Gasteiger partial charge in [-0.15, -0.1) is 0 Å². The number of carbonyl (C=O) groups is 1. The van der Waals surface area contributed by atoms with Crippen molar-refractivity contribution in [3.8, 4) is 11.5 Å². The van der Waals surface area contributed by atoms with Gasteiger partial charge >= 0.3 is 5.97 Å². The molecule has 2 N–H and O–H groups in total. The predicted molar refractivity (Wildman–Crippen MR) is 45.8 cm³/mol. The Labute approximate surface area is 79.6 Å². The zero-order chi connectivity index (χ0) is 10.7. The minimum atomic E-state index is -1.14. The third-order valence-electron chi connectivity index (χ3n) is 1.58. The Bertz CT molecular complexity index is 351. The summed E-state index contributed by atoms with van der Waals surface area (Å²) >= 11 is 0. The Morgan fingerprint density at radius 2 is 2.21 bits per heavy atom.